The third-order valence-corrected chi connectivity index (χ3v) is 3.84. The lowest BCUT2D eigenvalue weighted by atomic mass is 10.4. The SMILES string of the molecule is Cc1cc(NS(=O)(=O)c2cc(C(=O)NN)n(C)c2)no1. The first-order valence-electron chi connectivity index (χ1n) is 5.47. The predicted molar refractivity (Wildman–Crippen MR) is 69.1 cm³/mol. The molecule has 0 aliphatic rings. The Hall–Kier alpha value is -2.33. The molecule has 0 fully saturated rings. The summed E-state index contributed by atoms with van der Waals surface area (Å²) in [5.41, 5.74) is 2.05. The molecule has 0 unspecified atom stereocenters. The van der Waals surface area contributed by atoms with Crippen LogP contribution in [0.1, 0.15) is 16.2 Å². The molecule has 2 rings (SSSR count). The van der Waals surface area contributed by atoms with Crippen molar-refractivity contribution < 1.29 is 17.7 Å². The van der Waals surface area contributed by atoms with E-state index >= 15 is 0 Å². The van der Waals surface area contributed by atoms with E-state index in [1.165, 1.54) is 29.9 Å². The van der Waals surface area contributed by atoms with Crippen LogP contribution in [0.25, 0.3) is 0 Å². The third-order valence-electron chi connectivity index (χ3n) is 2.52. The summed E-state index contributed by atoms with van der Waals surface area (Å²) in [5.74, 6) is 4.96. The Morgan fingerprint density at radius 3 is 2.70 bits per heavy atom. The number of anilines is 1. The number of amides is 1. The average Bonchev–Trinajstić information content (AvgIpc) is 2.94. The minimum absolute atomic E-state index is 0.0659. The summed E-state index contributed by atoms with van der Waals surface area (Å²) in [4.78, 5) is 11.4. The molecule has 0 atom stereocenters. The van der Waals surface area contributed by atoms with Gasteiger partial charge in [-0.3, -0.25) is 14.9 Å². The van der Waals surface area contributed by atoms with Gasteiger partial charge in [0, 0.05) is 19.3 Å². The smallest absolute Gasteiger partial charge is 0.281 e. The number of sulfonamides is 1. The van der Waals surface area contributed by atoms with Crippen LogP contribution in [0.3, 0.4) is 0 Å². The maximum Gasteiger partial charge on any atom is 0.281 e. The number of nitrogens with two attached hydrogens (primary N) is 1. The van der Waals surface area contributed by atoms with Gasteiger partial charge in [0.15, 0.2) is 5.82 Å². The molecule has 2 heterocycles. The van der Waals surface area contributed by atoms with Gasteiger partial charge in [-0.25, -0.2) is 14.3 Å². The molecule has 10 heteroatoms. The molecule has 0 spiro atoms. The van der Waals surface area contributed by atoms with Gasteiger partial charge in [-0.2, -0.15) is 0 Å². The summed E-state index contributed by atoms with van der Waals surface area (Å²) in [7, 11) is -2.33. The number of aryl methyl sites for hydroxylation is 2. The van der Waals surface area contributed by atoms with Crippen molar-refractivity contribution in [1.29, 1.82) is 0 Å². The lowest BCUT2D eigenvalue weighted by molar-refractivity contribution is 0.0945. The monoisotopic (exact) mass is 299 g/mol. The zero-order valence-corrected chi connectivity index (χ0v) is 11.6. The fourth-order valence-corrected chi connectivity index (χ4v) is 2.64. The minimum Gasteiger partial charge on any atom is -0.360 e. The van der Waals surface area contributed by atoms with Crippen molar-refractivity contribution >= 4 is 21.7 Å². The molecule has 0 bridgehead atoms. The molecule has 0 saturated carbocycles. The normalized spacial score (nSPS) is 11.3. The van der Waals surface area contributed by atoms with Gasteiger partial charge in [0.25, 0.3) is 15.9 Å². The molecule has 2 aromatic rings. The van der Waals surface area contributed by atoms with Gasteiger partial charge >= 0.3 is 0 Å². The van der Waals surface area contributed by atoms with Gasteiger partial charge < -0.3 is 9.09 Å². The zero-order chi connectivity index (χ0) is 14.9. The van der Waals surface area contributed by atoms with E-state index in [4.69, 9.17) is 10.4 Å². The van der Waals surface area contributed by atoms with Crippen LogP contribution in [0.5, 0.6) is 0 Å². The molecule has 4 N–H and O–H groups in total. The van der Waals surface area contributed by atoms with Crippen LogP contribution in [0, 0.1) is 6.92 Å². The Morgan fingerprint density at radius 1 is 1.45 bits per heavy atom. The molecule has 0 aliphatic carbocycles. The highest BCUT2D eigenvalue weighted by Crippen LogP contribution is 2.18. The van der Waals surface area contributed by atoms with Crippen molar-refractivity contribution in [2.45, 2.75) is 11.8 Å². The Morgan fingerprint density at radius 2 is 2.15 bits per heavy atom. The number of carbonyl (C=O) groups excluding carboxylic acids is 1. The Bertz CT molecular complexity index is 746. The van der Waals surface area contributed by atoms with Gasteiger partial charge in [-0.15, -0.1) is 0 Å². The van der Waals surface area contributed by atoms with E-state index in [2.05, 4.69) is 9.88 Å². The van der Waals surface area contributed by atoms with Crippen LogP contribution >= 0.6 is 0 Å². The van der Waals surface area contributed by atoms with Crippen LogP contribution < -0.4 is 16.0 Å². The number of nitrogens with one attached hydrogen (secondary N) is 2. The van der Waals surface area contributed by atoms with E-state index in [1.54, 1.807) is 6.92 Å². The van der Waals surface area contributed by atoms with Crippen LogP contribution in [0.4, 0.5) is 5.82 Å². The Labute approximate surface area is 114 Å². The fourth-order valence-electron chi connectivity index (χ4n) is 1.59. The molecule has 1 amide bonds. The van der Waals surface area contributed by atoms with E-state index in [-0.39, 0.29) is 16.4 Å². The summed E-state index contributed by atoms with van der Waals surface area (Å²) in [6.07, 6.45) is 1.29. The molecular formula is C10H13N5O4S. The van der Waals surface area contributed by atoms with E-state index in [9.17, 15) is 13.2 Å². The van der Waals surface area contributed by atoms with E-state index in [1.807, 2.05) is 5.43 Å². The van der Waals surface area contributed by atoms with Crippen molar-refractivity contribution in [3.8, 4) is 0 Å². The predicted octanol–water partition coefficient (Wildman–Crippen LogP) is -0.274. The quantitative estimate of drug-likeness (QED) is 0.404. The summed E-state index contributed by atoms with van der Waals surface area (Å²) in [6.45, 7) is 1.64. The first-order chi connectivity index (χ1) is 9.33. The Balaban J connectivity index is 2.32. The van der Waals surface area contributed by atoms with Crippen LogP contribution in [0.2, 0.25) is 0 Å². The summed E-state index contributed by atoms with van der Waals surface area (Å²) >= 11 is 0. The van der Waals surface area contributed by atoms with Crippen molar-refractivity contribution in [2.24, 2.45) is 12.9 Å². The molecule has 0 saturated heterocycles. The highest BCUT2D eigenvalue weighted by molar-refractivity contribution is 7.92. The van der Waals surface area contributed by atoms with Gasteiger partial charge in [0.2, 0.25) is 0 Å². The van der Waals surface area contributed by atoms with E-state index in [0.29, 0.717) is 5.76 Å². The second-order valence-electron chi connectivity index (χ2n) is 4.07. The maximum absolute atomic E-state index is 12.1. The standard InChI is InChI=1S/C10H13N5O4S/c1-6-3-9(13-19-6)14-20(17,18)7-4-8(10(16)12-11)15(2)5-7/h3-5H,11H2,1-2H3,(H,12,16)(H,13,14). The molecule has 0 radical (unpaired) electrons. The molecular weight excluding hydrogens is 286 g/mol. The van der Waals surface area contributed by atoms with Crippen LogP contribution in [-0.4, -0.2) is 24.0 Å². The fraction of sp³-hybridized carbons (Fsp3) is 0.200. The number of carbonyl (C=O) groups is 1. The molecule has 20 heavy (non-hydrogen) atoms. The number of hydrogen-bond acceptors (Lipinski definition) is 6. The summed E-state index contributed by atoms with van der Waals surface area (Å²) in [6, 6.07) is 2.64. The van der Waals surface area contributed by atoms with Crippen molar-refractivity contribution in [3.63, 3.8) is 0 Å². The number of aromatic nitrogens is 2. The van der Waals surface area contributed by atoms with E-state index in [0.717, 1.165) is 0 Å². The van der Waals surface area contributed by atoms with Gasteiger partial charge in [-0.05, 0) is 13.0 Å². The molecule has 9 nitrogen and oxygen atoms in total. The number of nitrogen functional groups attached to an aromatic ring is 1. The minimum atomic E-state index is -3.86. The van der Waals surface area contributed by atoms with Crippen LogP contribution in [-0.2, 0) is 17.1 Å². The van der Waals surface area contributed by atoms with Gasteiger partial charge in [0.05, 0.1) is 0 Å². The van der Waals surface area contributed by atoms with Crippen LogP contribution in [0.15, 0.2) is 27.7 Å². The second kappa shape index (κ2) is 4.98. The highest BCUT2D eigenvalue weighted by Gasteiger charge is 2.21. The number of hydrazine groups is 1. The maximum atomic E-state index is 12.1. The number of nitrogens with zero attached hydrogens (tertiary/aromatic N) is 2. The Kier molecular flexibility index (Phi) is 3.51. The number of rotatable bonds is 4. The van der Waals surface area contributed by atoms with Crippen molar-refractivity contribution in [2.75, 3.05) is 4.72 Å². The molecule has 0 aromatic carbocycles. The lowest BCUT2D eigenvalue weighted by Crippen LogP contribution is -2.31. The van der Waals surface area contributed by atoms with E-state index < -0.39 is 15.9 Å². The average molecular weight is 299 g/mol. The van der Waals surface area contributed by atoms with Crippen molar-refractivity contribution in [3.05, 3.63) is 29.8 Å². The number of hydrogen-bond donors (Lipinski definition) is 3. The zero-order valence-electron chi connectivity index (χ0n) is 10.7. The first kappa shape index (κ1) is 14.1. The topological polar surface area (TPSA) is 132 Å². The lowest BCUT2D eigenvalue weighted by Gasteiger charge is -2.01. The van der Waals surface area contributed by atoms with Gasteiger partial charge in [0.1, 0.15) is 16.3 Å². The summed E-state index contributed by atoms with van der Waals surface area (Å²) in [5, 5.41) is 3.54. The molecule has 108 valence electrons. The third kappa shape index (κ3) is 2.65. The summed E-state index contributed by atoms with van der Waals surface area (Å²) < 4.78 is 32.6. The second-order valence-corrected chi connectivity index (χ2v) is 5.76. The molecule has 2 aromatic heterocycles. The highest BCUT2D eigenvalue weighted by atomic mass is 32.2. The van der Waals surface area contributed by atoms with Gasteiger partial charge in [-0.1, -0.05) is 5.16 Å². The largest absolute Gasteiger partial charge is 0.360 e. The van der Waals surface area contributed by atoms with Crippen molar-refractivity contribution in [1.82, 2.24) is 15.1 Å². The molecule has 0 aliphatic heterocycles. The first-order valence-corrected chi connectivity index (χ1v) is 6.95.